The Bertz CT molecular complexity index is 1210. The maximum atomic E-state index is 11.8. The van der Waals surface area contributed by atoms with Crippen molar-refractivity contribution in [2.75, 3.05) is 51.3 Å². The summed E-state index contributed by atoms with van der Waals surface area (Å²) in [5.41, 5.74) is 1.59. The molecular weight excluding hydrogens is 450 g/mol. The van der Waals surface area contributed by atoms with Gasteiger partial charge in [0.2, 0.25) is 5.91 Å². The normalized spacial score (nSPS) is 17.0. The number of carbonyl (C=O) groups excluding carboxylic acids is 2. The zero-order valence-electron chi connectivity index (χ0n) is 19.9. The smallest absolute Gasteiger partial charge is 0.410 e. The first-order valence-corrected chi connectivity index (χ1v) is 11.9. The fourth-order valence-corrected chi connectivity index (χ4v) is 4.58. The molecule has 1 N–H and O–H groups in total. The first kappa shape index (κ1) is 23.0. The van der Waals surface area contributed by atoms with Gasteiger partial charge in [-0.3, -0.25) is 4.79 Å². The maximum Gasteiger partial charge on any atom is 0.412 e. The van der Waals surface area contributed by atoms with E-state index >= 15 is 0 Å². The average Bonchev–Trinajstić information content (AvgIpc) is 3.33. The molecule has 4 heterocycles. The van der Waals surface area contributed by atoms with Crippen molar-refractivity contribution in [1.29, 1.82) is 0 Å². The average molecular weight is 480 g/mol. The molecule has 0 bridgehead atoms. The predicted molar refractivity (Wildman–Crippen MR) is 129 cm³/mol. The molecule has 35 heavy (non-hydrogen) atoms. The molecule has 5 rings (SSSR count). The van der Waals surface area contributed by atoms with Gasteiger partial charge in [-0.05, 0) is 37.1 Å². The van der Waals surface area contributed by atoms with E-state index in [1.165, 1.54) is 7.05 Å². The largest absolute Gasteiger partial charge is 0.412 e. The van der Waals surface area contributed by atoms with Gasteiger partial charge in [-0.1, -0.05) is 0 Å². The van der Waals surface area contributed by atoms with Gasteiger partial charge in [-0.25, -0.2) is 19.4 Å². The van der Waals surface area contributed by atoms with Crippen molar-refractivity contribution in [3.05, 3.63) is 30.5 Å². The van der Waals surface area contributed by atoms with Crippen molar-refractivity contribution >= 4 is 28.9 Å². The van der Waals surface area contributed by atoms with Crippen LogP contribution in [-0.2, 0) is 9.53 Å². The number of fused-ring (bicyclic) bond motifs is 1. The standard InChI is InChI=1S/C24H29N7O4/c1-16(32)29-9-7-18(8-10-29)31-23-20(15-26-31)22(30-11-13-34-14-12-30)27-21(28-23)17-3-5-19(6-4-17)35-24(33)25-2/h3-6,15,18H,7-14H2,1-2H3,(H,25,33). The zero-order chi connectivity index (χ0) is 24.4. The summed E-state index contributed by atoms with van der Waals surface area (Å²) in [6, 6.07) is 7.29. The van der Waals surface area contributed by atoms with Crippen LogP contribution in [0.3, 0.4) is 0 Å². The number of likely N-dealkylation sites (tertiary alicyclic amines) is 1. The van der Waals surface area contributed by atoms with Gasteiger partial charge >= 0.3 is 6.09 Å². The molecule has 2 saturated heterocycles. The predicted octanol–water partition coefficient (Wildman–Crippen LogP) is 2.23. The van der Waals surface area contributed by atoms with Gasteiger partial charge < -0.3 is 24.6 Å². The number of hydrogen-bond acceptors (Lipinski definition) is 8. The Kier molecular flexibility index (Phi) is 6.49. The molecule has 0 spiro atoms. The third kappa shape index (κ3) is 4.76. The summed E-state index contributed by atoms with van der Waals surface area (Å²) in [5.74, 6) is 1.96. The Morgan fingerprint density at radius 2 is 1.77 bits per heavy atom. The van der Waals surface area contributed by atoms with Gasteiger partial charge in [0.15, 0.2) is 11.5 Å². The number of nitrogens with zero attached hydrogens (tertiary/aromatic N) is 6. The van der Waals surface area contributed by atoms with Gasteiger partial charge in [-0.2, -0.15) is 5.10 Å². The molecule has 11 nitrogen and oxygen atoms in total. The quantitative estimate of drug-likeness (QED) is 0.606. The number of hydrogen-bond donors (Lipinski definition) is 1. The topological polar surface area (TPSA) is 115 Å². The van der Waals surface area contributed by atoms with Crippen LogP contribution in [0.15, 0.2) is 30.5 Å². The molecule has 0 aliphatic carbocycles. The molecular formula is C24H29N7O4. The highest BCUT2D eigenvalue weighted by molar-refractivity contribution is 5.89. The van der Waals surface area contributed by atoms with E-state index in [1.807, 2.05) is 27.9 Å². The summed E-state index contributed by atoms with van der Waals surface area (Å²) in [6.07, 6.45) is 2.98. The summed E-state index contributed by atoms with van der Waals surface area (Å²) in [6.45, 7) is 5.81. The molecule has 1 aromatic carbocycles. The Balaban J connectivity index is 1.52. The van der Waals surface area contributed by atoms with E-state index in [0.717, 1.165) is 48.3 Å². The second-order valence-corrected chi connectivity index (χ2v) is 8.70. The lowest BCUT2D eigenvalue weighted by molar-refractivity contribution is -0.130. The number of amides is 2. The molecule has 2 aliphatic heterocycles. The van der Waals surface area contributed by atoms with Gasteiger partial charge in [0, 0.05) is 45.7 Å². The number of ether oxygens (including phenoxy) is 2. The van der Waals surface area contributed by atoms with E-state index in [0.29, 0.717) is 37.9 Å². The molecule has 2 aliphatic rings. The second-order valence-electron chi connectivity index (χ2n) is 8.70. The molecule has 0 radical (unpaired) electrons. The van der Waals surface area contributed by atoms with Gasteiger partial charge in [0.05, 0.1) is 30.8 Å². The van der Waals surface area contributed by atoms with Crippen molar-refractivity contribution < 1.29 is 19.1 Å². The van der Waals surface area contributed by atoms with Crippen LogP contribution in [0.5, 0.6) is 5.75 Å². The Morgan fingerprint density at radius 3 is 2.43 bits per heavy atom. The number of rotatable bonds is 4. The Labute approximate surface area is 203 Å². The van der Waals surface area contributed by atoms with Crippen molar-refractivity contribution in [3.63, 3.8) is 0 Å². The first-order chi connectivity index (χ1) is 17.0. The Hall–Kier alpha value is -3.73. The van der Waals surface area contributed by atoms with Crippen molar-refractivity contribution in [2.24, 2.45) is 0 Å². The third-order valence-corrected chi connectivity index (χ3v) is 6.53. The maximum absolute atomic E-state index is 11.8. The van der Waals surface area contributed by atoms with Crippen LogP contribution < -0.4 is 15.0 Å². The number of benzene rings is 1. The van der Waals surface area contributed by atoms with Gasteiger partial charge in [0.25, 0.3) is 0 Å². The van der Waals surface area contributed by atoms with Gasteiger partial charge in [-0.15, -0.1) is 0 Å². The lowest BCUT2D eigenvalue weighted by Crippen LogP contribution is -2.38. The molecule has 0 unspecified atom stereocenters. The van der Waals surface area contributed by atoms with Crippen molar-refractivity contribution in [3.8, 4) is 17.1 Å². The van der Waals surface area contributed by atoms with Crippen LogP contribution in [0.4, 0.5) is 10.6 Å². The van der Waals surface area contributed by atoms with Crippen molar-refractivity contribution in [1.82, 2.24) is 30.0 Å². The zero-order valence-corrected chi connectivity index (χ0v) is 19.9. The first-order valence-electron chi connectivity index (χ1n) is 11.9. The summed E-state index contributed by atoms with van der Waals surface area (Å²) in [5, 5.41) is 8.06. The van der Waals surface area contributed by atoms with Gasteiger partial charge in [0.1, 0.15) is 11.6 Å². The highest BCUT2D eigenvalue weighted by Gasteiger charge is 2.27. The highest BCUT2D eigenvalue weighted by atomic mass is 16.5. The number of morpholine rings is 1. The molecule has 3 aromatic rings. The number of piperidine rings is 1. The minimum absolute atomic E-state index is 0.108. The van der Waals surface area contributed by atoms with E-state index in [-0.39, 0.29) is 11.9 Å². The summed E-state index contributed by atoms with van der Waals surface area (Å²) in [7, 11) is 1.51. The lowest BCUT2D eigenvalue weighted by atomic mass is 10.1. The fraction of sp³-hybridized carbons (Fsp3) is 0.458. The second kappa shape index (κ2) is 9.87. The Morgan fingerprint density at radius 1 is 1.06 bits per heavy atom. The van der Waals surface area contributed by atoms with Crippen LogP contribution in [0.2, 0.25) is 0 Å². The fourth-order valence-electron chi connectivity index (χ4n) is 4.58. The van der Waals surface area contributed by atoms with Crippen LogP contribution in [0.25, 0.3) is 22.4 Å². The molecule has 0 atom stereocenters. The highest BCUT2D eigenvalue weighted by Crippen LogP contribution is 2.32. The molecule has 11 heteroatoms. The summed E-state index contributed by atoms with van der Waals surface area (Å²) < 4.78 is 12.7. The molecule has 0 saturated carbocycles. The molecule has 2 aromatic heterocycles. The summed E-state index contributed by atoms with van der Waals surface area (Å²) >= 11 is 0. The third-order valence-electron chi connectivity index (χ3n) is 6.53. The SMILES string of the molecule is CNC(=O)Oc1ccc(-c2nc(N3CCOCC3)c3cnn(C4CCN(C(C)=O)CC4)c3n2)cc1. The molecule has 184 valence electrons. The van der Waals surface area contributed by atoms with E-state index < -0.39 is 6.09 Å². The van der Waals surface area contributed by atoms with E-state index in [4.69, 9.17) is 24.5 Å². The van der Waals surface area contributed by atoms with E-state index in [2.05, 4.69) is 10.2 Å². The van der Waals surface area contributed by atoms with Crippen molar-refractivity contribution in [2.45, 2.75) is 25.8 Å². The number of aromatic nitrogens is 4. The van der Waals surface area contributed by atoms with E-state index in [9.17, 15) is 9.59 Å². The minimum atomic E-state index is -0.523. The van der Waals surface area contributed by atoms with E-state index in [1.54, 1.807) is 19.1 Å². The van der Waals surface area contributed by atoms with Crippen LogP contribution in [-0.4, -0.2) is 83.1 Å². The van der Waals surface area contributed by atoms with Crippen LogP contribution in [0.1, 0.15) is 25.8 Å². The monoisotopic (exact) mass is 479 g/mol. The van der Waals surface area contributed by atoms with Crippen LogP contribution >= 0.6 is 0 Å². The number of anilines is 1. The molecule has 2 fully saturated rings. The lowest BCUT2D eigenvalue weighted by Gasteiger charge is -2.31. The van der Waals surface area contributed by atoms with Crippen LogP contribution in [0, 0.1) is 0 Å². The minimum Gasteiger partial charge on any atom is -0.410 e. The molecule has 2 amide bonds. The number of carbonyl (C=O) groups is 2. The number of nitrogens with one attached hydrogen (secondary N) is 1. The summed E-state index contributed by atoms with van der Waals surface area (Å²) in [4.78, 5) is 37.2.